The number of hydrogen-bond acceptors (Lipinski definition) is 2. The second-order valence-electron chi connectivity index (χ2n) is 5.39. The first-order valence-corrected chi connectivity index (χ1v) is 7.29. The minimum Gasteiger partial charge on any atom is -0.370 e. The summed E-state index contributed by atoms with van der Waals surface area (Å²) in [5.41, 5.74) is 8.15. The van der Waals surface area contributed by atoms with Gasteiger partial charge in [0.05, 0.1) is 10.7 Å². The van der Waals surface area contributed by atoms with Crippen LogP contribution in [-0.4, -0.2) is 13.1 Å². The van der Waals surface area contributed by atoms with Crippen molar-refractivity contribution >= 4 is 17.3 Å². The second-order valence-corrected chi connectivity index (χ2v) is 5.80. The van der Waals surface area contributed by atoms with Crippen LogP contribution in [0.5, 0.6) is 0 Å². The van der Waals surface area contributed by atoms with Crippen molar-refractivity contribution in [3.63, 3.8) is 0 Å². The average Bonchev–Trinajstić information content (AvgIpc) is 3.12. The van der Waals surface area contributed by atoms with Crippen LogP contribution in [-0.2, 0) is 0 Å². The Morgan fingerprint density at radius 1 is 1.44 bits per heavy atom. The molecule has 2 N–H and O–H groups in total. The molecule has 0 spiro atoms. The van der Waals surface area contributed by atoms with Crippen molar-refractivity contribution in [2.45, 2.75) is 39.2 Å². The highest BCUT2D eigenvalue weighted by atomic mass is 35.5. The predicted molar refractivity (Wildman–Crippen MR) is 79.3 cm³/mol. The maximum Gasteiger partial charge on any atom is 0.0642 e. The summed E-state index contributed by atoms with van der Waals surface area (Å²) in [4.78, 5) is 2.42. The lowest BCUT2D eigenvalue weighted by atomic mass is 10.1. The van der Waals surface area contributed by atoms with Crippen LogP contribution in [0.2, 0.25) is 5.02 Å². The van der Waals surface area contributed by atoms with Gasteiger partial charge in [-0.3, -0.25) is 0 Å². The van der Waals surface area contributed by atoms with Crippen LogP contribution >= 0.6 is 11.6 Å². The first-order valence-electron chi connectivity index (χ1n) is 6.91. The van der Waals surface area contributed by atoms with E-state index in [0.717, 1.165) is 41.7 Å². The number of nitrogens with zero attached hydrogens (tertiary/aromatic N) is 1. The largest absolute Gasteiger partial charge is 0.370 e. The van der Waals surface area contributed by atoms with Crippen LogP contribution in [0.25, 0.3) is 0 Å². The Balaban J connectivity index is 2.17. The van der Waals surface area contributed by atoms with Gasteiger partial charge >= 0.3 is 0 Å². The van der Waals surface area contributed by atoms with Crippen molar-refractivity contribution < 1.29 is 0 Å². The molecule has 1 saturated carbocycles. The molecule has 0 saturated heterocycles. The predicted octanol–water partition coefficient (Wildman–Crippen LogP) is 3.99. The molecule has 1 fully saturated rings. The Hall–Kier alpha value is -0.730. The van der Waals surface area contributed by atoms with Gasteiger partial charge in [-0.1, -0.05) is 24.6 Å². The molecule has 1 atom stereocenters. The first-order chi connectivity index (χ1) is 8.61. The number of halogens is 1. The maximum atomic E-state index is 6.41. The number of benzene rings is 1. The van der Waals surface area contributed by atoms with Gasteiger partial charge in [0.25, 0.3) is 0 Å². The van der Waals surface area contributed by atoms with Gasteiger partial charge in [0, 0.05) is 19.1 Å². The quantitative estimate of drug-likeness (QED) is 0.844. The molecule has 0 aromatic heterocycles. The third-order valence-corrected chi connectivity index (χ3v) is 3.81. The zero-order valence-corrected chi connectivity index (χ0v) is 12.1. The fraction of sp³-hybridized carbons (Fsp3) is 0.600. The Morgan fingerprint density at radius 2 is 2.17 bits per heavy atom. The molecule has 18 heavy (non-hydrogen) atoms. The summed E-state index contributed by atoms with van der Waals surface area (Å²) < 4.78 is 0. The zero-order chi connectivity index (χ0) is 13.1. The number of rotatable bonds is 6. The van der Waals surface area contributed by atoms with E-state index in [1.807, 2.05) is 13.0 Å². The summed E-state index contributed by atoms with van der Waals surface area (Å²) in [6.45, 7) is 6.42. The van der Waals surface area contributed by atoms with Crippen molar-refractivity contribution in [2.75, 3.05) is 18.0 Å². The van der Waals surface area contributed by atoms with Gasteiger partial charge in [-0.25, -0.2) is 0 Å². The summed E-state index contributed by atoms with van der Waals surface area (Å²) in [5.74, 6) is 0.876. The third-order valence-electron chi connectivity index (χ3n) is 3.51. The lowest BCUT2D eigenvalue weighted by Crippen LogP contribution is -2.26. The fourth-order valence-electron chi connectivity index (χ4n) is 2.25. The van der Waals surface area contributed by atoms with Crippen LogP contribution in [0.3, 0.4) is 0 Å². The summed E-state index contributed by atoms with van der Waals surface area (Å²) in [6.07, 6.45) is 3.89. The van der Waals surface area contributed by atoms with Gasteiger partial charge in [-0.05, 0) is 49.8 Å². The van der Waals surface area contributed by atoms with Gasteiger partial charge in [0.2, 0.25) is 0 Å². The van der Waals surface area contributed by atoms with Crippen LogP contribution in [0, 0.1) is 5.92 Å². The van der Waals surface area contributed by atoms with Crippen molar-refractivity contribution in [3.8, 4) is 0 Å². The molecule has 0 aliphatic heterocycles. The third kappa shape index (κ3) is 3.39. The highest BCUT2D eigenvalue weighted by Crippen LogP contribution is 2.34. The molecule has 1 aromatic rings. The molecule has 1 aromatic carbocycles. The van der Waals surface area contributed by atoms with E-state index in [9.17, 15) is 0 Å². The molecule has 1 aliphatic rings. The Kier molecular flexibility index (Phi) is 4.52. The molecule has 0 unspecified atom stereocenters. The van der Waals surface area contributed by atoms with Crippen molar-refractivity contribution in [3.05, 3.63) is 28.8 Å². The van der Waals surface area contributed by atoms with E-state index in [1.165, 1.54) is 12.8 Å². The second kappa shape index (κ2) is 5.94. The Labute approximate surface area is 115 Å². The van der Waals surface area contributed by atoms with E-state index in [4.69, 9.17) is 17.3 Å². The molecule has 0 radical (unpaired) electrons. The SMILES string of the molecule is CCCN(CC1CC1)c1ccc([C@@H](C)N)cc1Cl. The van der Waals surface area contributed by atoms with Crippen LogP contribution in [0.1, 0.15) is 44.7 Å². The highest BCUT2D eigenvalue weighted by Gasteiger charge is 2.25. The zero-order valence-electron chi connectivity index (χ0n) is 11.3. The van der Waals surface area contributed by atoms with E-state index in [-0.39, 0.29) is 6.04 Å². The number of hydrogen-bond donors (Lipinski definition) is 1. The summed E-state index contributed by atoms with van der Waals surface area (Å²) in [7, 11) is 0. The number of nitrogens with two attached hydrogens (primary N) is 1. The molecule has 0 amide bonds. The van der Waals surface area contributed by atoms with Gasteiger partial charge < -0.3 is 10.6 Å². The minimum absolute atomic E-state index is 0.0413. The first kappa shape index (κ1) is 13.7. The molecule has 3 heteroatoms. The van der Waals surface area contributed by atoms with Crippen molar-refractivity contribution in [2.24, 2.45) is 11.7 Å². The molecule has 100 valence electrons. The van der Waals surface area contributed by atoms with Crippen molar-refractivity contribution in [1.29, 1.82) is 0 Å². The van der Waals surface area contributed by atoms with E-state index in [1.54, 1.807) is 0 Å². The molecular weight excluding hydrogens is 244 g/mol. The monoisotopic (exact) mass is 266 g/mol. The lowest BCUT2D eigenvalue weighted by Gasteiger charge is -2.26. The smallest absolute Gasteiger partial charge is 0.0642 e. The van der Waals surface area contributed by atoms with E-state index in [0.29, 0.717) is 0 Å². The summed E-state index contributed by atoms with van der Waals surface area (Å²) in [5, 5.41) is 0.832. The fourth-order valence-corrected chi connectivity index (χ4v) is 2.56. The lowest BCUT2D eigenvalue weighted by molar-refractivity contribution is 0.707. The maximum absolute atomic E-state index is 6.41. The van der Waals surface area contributed by atoms with Crippen LogP contribution in [0.4, 0.5) is 5.69 Å². The van der Waals surface area contributed by atoms with E-state index < -0.39 is 0 Å². The summed E-state index contributed by atoms with van der Waals surface area (Å²) >= 11 is 6.41. The number of anilines is 1. The standard InChI is InChI=1S/C15H23ClN2/c1-3-8-18(10-12-4-5-12)15-7-6-13(11(2)17)9-14(15)16/h6-7,9,11-12H,3-5,8,10,17H2,1-2H3/t11-/m1/s1. The van der Waals surface area contributed by atoms with E-state index >= 15 is 0 Å². The average molecular weight is 267 g/mol. The minimum atomic E-state index is 0.0413. The van der Waals surface area contributed by atoms with E-state index in [2.05, 4.69) is 24.0 Å². The van der Waals surface area contributed by atoms with Crippen LogP contribution < -0.4 is 10.6 Å². The Bertz CT molecular complexity index is 399. The molecule has 2 nitrogen and oxygen atoms in total. The van der Waals surface area contributed by atoms with Crippen LogP contribution in [0.15, 0.2) is 18.2 Å². The normalized spacial score (nSPS) is 16.7. The van der Waals surface area contributed by atoms with Gasteiger partial charge in [0.15, 0.2) is 0 Å². The summed E-state index contributed by atoms with van der Waals surface area (Å²) in [6, 6.07) is 6.28. The molecule has 1 aliphatic carbocycles. The topological polar surface area (TPSA) is 29.3 Å². The molecular formula is C15H23ClN2. The highest BCUT2D eigenvalue weighted by molar-refractivity contribution is 6.33. The van der Waals surface area contributed by atoms with Crippen molar-refractivity contribution in [1.82, 2.24) is 0 Å². The molecule has 0 bridgehead atoms. The van der Waals surface area contributed by atoms with Gasteiger partial charge in [-0.2, -0.15) is 0 Å². The van der Waals surface area contributed by atoms with Gasteiger partial charge in [0.1, 0.15) is 0 Å². The molecule has 0 heterocycles. The van der Waals surface area contributed by atoms with Gasteiger partial charge in [-0.15, -0.1) is 0 Å². The Morgan fingerprint density at radius 3 is 2.67 bits per heavy atom. The molecule has 2 rings (SSSR count).